The maximum absolute atomic E-state index is 7.02. The Morgan fingerprint density at radius 1 is 0.393 bits per heavy atom. The molecule has 0 N–H and O–H groups in total. The molecule has 0 aliphatic heterocycles. The summed E-state index contributed by atoms with van der Waals surface area (Å²) in [6, 6.07) is 73.5. The van der Waals surface area contributed by atoms with Crippen LogP contribution in [-0.2, 0) is 5.41 Å². The van der Waals surface area contributed by atoms with Crippen LogP contribution in [0.4, 0.5) is 11.4 Å². The van der Waals surface area contributed by atoms with Crippen LogP contribution in [0.2, 0.25) is 0 Å². The van der Waals surface area contributed by atoms with Crippen molar-refractivity contribution in [3.8, 4) is 33.4 Å². The maximum Gasteiger partial charge on any atom is 0.159 e. The van der Waals surface area contributed by atoms with Crippen LogP contribution in [0.1, 0.15) is 40.7 Å². The lowest BCUT2D eigenvalue weighted by atomic mass is 9.70. The fourth-order valence-corrected chi connectivity index (χ4v) is 10.9. The molecule has 0 saturated heterocycles. The van der Waals surface area contributed by atoms with Gasteiger partial charge in [-0.05, 0) is 115 Å². The number of nitrogens with zero attached hydrogens (tertiary/aromatic N) is 1. The van der Waals surface area contributed by atoms with Gasteiger partial charge < -0.3 is 9.32 Å². The number of para-hydroxylation sites is 2. The Labute approximate surface area is 355 Å². The molecule has 2 heteroatoms. The van der Waals surface area contributed by atoms with E-state index < -0.39 is 0 Å². The second-order valence-electron chi connectivity index (χ2n) is 16.7. The van der Waals surface area contributed by atoms with E-state index in [0.717, 1.165) is 57.3 Å². The minimum Gasteiger partial charge on any atom is -0.453 e. The van der Waals surface area contributed by atoms with E-state index in [2.05, 4.69) is 217 Å². The van der Waals surface area contributed by atoms with Crippen LogP contribution < -0.4 is 4.90 Å². The average molecular weight is 778 g/mol. The third-order valence-corrected chi connectivity index (χ3v) is 13.6. The molecule has 3 aliphatic rings. The van der Waals surface area contributed by atoms with Crippen molar-refractivity contribution in [1.29, 1.82) is 0 Å². The van der Waals surface area contributed by atoms with Crippen LogP contribution in [0.5, 0.6) is 0 Å². The highest BCUT2D eigenvalue weighted by Gasteiger charge is 2.51. The number of fused-ring (bicyclic) bond motifs is 14. The molecule has 2 nitrogen and oxygen atoms in total. The molecular weight excluding hydrogens is 739 g/mol. The third kappa shape index (κ3) is 4.91. The Bertz CT molecular complexity index is 3430. The van der Waals surface area contributed by atoms with Gasteiger partial charge in [-0.25, -0.2) is 0 Å². The van der Waals surface area contributed by atoms with Crippen LogP contribution in [0.15, 0.2) is 222 Å². The van der Waals surface area contributed by atoms with Crippen molar-refractivity contribution in [3.05, 3.63) is 246 Å². The number of furan rings is 1. The van der Waals surface area contributed by atoms with Gasteiger partial charge in [0.15, 0.2) is 5.58 Å². The summed E-state index contributed by atoms with van der Waals surface area (Å²) in [6.45, 7) is 0. The fraction of sp³-hybridized carbons (Fsp3) is 0.0508. The zero-order valence-corrected chi connectivity index (χ0v) is 33.5. The van der Waals surface area contributed by atoms with E-state index in [1.807, 2.05) is 0 Å². The highest BCUT2D eigenvalue weighted by atomic mass is 16.3. The predicted molar refractivity (Wildman–Crippen MR) is 253 cm³/mol. The molecule has 0 amide bonds. The standard InChI is InChI=1S/C59H39NO/c1-2-15-40(16-3-1)45-21-12-22-50-51-23-13-27-56(58(51)61-57(45)50)60(44-34-30-38-14-4-5-17-41(38)36-44)43-32-28-39(29-33-43)42-31-35-49-48-20-8-11-26-54(48)59(55(49)37-42)52-24-9-6-18-46(52)47-19-7-10-25-53(47)59/h1-28,30-32,34-37H,29,33H2. The molecule has 1 heterocycles. The molecule has 286 valence electrons. The van der Waals surface area contributed by atoms with Crippen molar-refractivity contribution in [3.63, 3.8) is 0 Å². The Morgan fingerprint density at radius 3 is 1.70 bits per heavy atom. The summed E-state index contributed by atoms with van der Waals surface area (Å²) in [5, 5.41) is 4.68. The molecule has 1 aromatic heterocycles. The molecule has 0 unspecified atom stereocenters. The minimum absolute atomic E-state index is 0.357. The maximum atomic E-state index is 7.02. The van der Waals surface area contributed by atoms with E-state index in [-0.39, 0.29) is 5.41 Å². The van der Waals surface area contributed by atoms with E-state index in [1.54, 1.807) is 0 Å². The number of anilines is 2. The van der Waals surface area contributed by atoms with Gasteiger partial charge in [0.05, 0.1) is 11.1 Å². The van der Waals surface area contributed by atoms with Crippen LogP contribution in [0.25, 0.3) is 71.7 Å². The van der Waals surface area contributed by atoms with Gasteiger partial charge in [0.25, 0.3) is 0 Å². The predicted octanol–water partition coefficient (Wildman–Crippen LogP) is 15.6. The molecule has 9 aromatic carbocycles. The molecule has 61 heavy (non-hydrogen) atoms. The molecule has 0 saturated carbocycles. The number of hydrogen-bond acceptors (Lipinski definition) is 2. The highest BCUT2D eigenvalue weighted by molar-refractivity contribution is 6.13. The Kier molecular flexibility index (Phi) is 7.38. The molecule has 0 fully saturated rings. The first kappa shape index (κ1) is 34.2. The molecular formula is C59H39NO. The lowest BCUT2D eigenvalue weighted by molar-refractivity contribution is 0.669. The smallest absolute Gasteiger partial charge is 0.159 e. The second kappa shape index (κ2) is 13.2. The Hall–Kier alpha value is -7.68. The number of allylic oxidation sites excluding steroid dienone is 4. The van der Waals surface area contributed by atoms with Gasteiger partial charge in [-0.2, -0.15) is 0 Å². The van der Waals surface area contributed by atoms with E-state index in [4.69, 9.17) is 4.42 Å². The van der Waals surface area contributed by atoms with Gasteiger partial charge in [-0.3, -0.25) is 0 Å². The first-order chi connectivity index (χ1) is 30.3. The quantitative estimate of drug-likeness (QED) is 0.173. The SMILES string of the molecule is C1=C(c2ccc3c(c2)C2(c4ccccc4-c4ccccc42)c2ccccc2-3)CCC(N(c2ccc3ccccc3c2)c2cccc3c2oc2c(-c4ccccc4)cccc23)=C1. The van der Waals surface area contributed by atoms with Gasteiger partial charge in [0, 0.05) is 27.7 Å². The van der Waals surface area contributed by atoms with E-state index >= 15 is 0 Å². The summed E-state index contributed by atoms with van der Waals surface area (Å²) in [7, 11) is 0. The van der Waals surface area contributed by atoms with Crippen molar-refractivity contribution in [2.45, 2.75) is 18.3 Å². The summed E-state index contributed by atoms with van der Waals surface area (Å²) in [5.74, 6) is 0. The second-order valence-corrected chi connectivity index (χ2v) is 16.7. The van der Waals surface area contributed by atoms with Crippen molar-refractivity contribution in [1.82, 2.24) is 0 Å². The molecule has 0 atom stereocenters. The lowest BCUT2D eigenvalue weighted by Gasteiger charge is -2.31. The van der Waals surface area contributed by atoms with Crippen LogP contribution in [-0.4, -0.2) is 0 Å². The highest BCUT2D eigenvalue weighted by Crippen LogP contribution is 2.63. The summed E-state index contributed by atoms with van der Waals surface area (Å²) < 4.78 is 7.02. The first-order valence-corrected chi connectivity index (χ1v) is 21.4. The van der Waals surface area contributed by atoms with Crippen molar-refractivity contribution in [2.75, 3.05) is 4.90 Å². The molecule has 10 aromatic rings. The van der Waals surface area contributed by atoms with Crippen LogP contribution in [0.3, 0.4) is 0 Å². The summed E-state index contributed by atoms with van der Waals surface area (Å²) >= 11 is 0. The Balaban J connectivity index is 0.970. The minimum atomic E-state index is -0.357. The summed E-state index contributed by atoms with van der Waals surface area (Å²) in [5.41, 5.74) is 20.6. The fourth-order valence-electron chi connectivity index (χ4n) is 10.9. The molecule has 0 bridgehead atoms. The van der Waals surface area contributed by atoms with Gasteiger partial charge in [0.1, 0.15) is 5.58 Å². The van der Waals surface area contributed by atoms with Gasteiger partial charge in [-0.1, -0.05) is 182 Å². The van der Waals surface area contributed by atoms with Crippen LogP contribution in [0, 0.1) is 0 Å². The first-order valence-electron chi connectivity index (χ1n) is 21.4. The van der Waals surface area contributed by atoms with Crippen molar-refractivity contribution >= 4 is 49.7 Å². The van der Waals surface area contributed by atoms with Crippen LogP contribution >= 0.6 is 0 Å². The topological polar surface area (TPSA) is 16.4 Å². The normalized spacial score (nSPS) is 14.4. The zero-order chi connectivity index (χ0) is 40.1. The number of rotatable bonds is 5. The average Bonchev–Trinajstić information content (AvgIpc) is 3.97. The zero-order valence-electron chi connectivity index (χ0n) is 33.5. The van der Waals surface area contributed by atoms with Crippen molar-refractivity contribution in [2.24, 2.45) is 0 Å². The molecule has 1 spiro atoms. The summed E-state index contributed by atoms with van der Waals surface area (Å²) in [4.78, 5) is 2.44. The number of benzene rings is 9. The van der Waals surface area contributed by atoms with Gasteiger partial charge in [-0.15, -0.1) is 0 Å². The van der Waals surface area contributed by atoms with Gasteiger partial charge >= 0.3 is 0 Å². The largest absolute Gasteiger partial charge is 0.453 e. The molecule has 0 radical (unpaired) electrons. The summed E-state index contributed by atoms with van der Waals surface area (Å²) in [6.07, 6.45) is 6.50. The van der Waals surface area contributed by atoms with E-state index in [0.29, 0.717) is 0 Å². The molecule has 13 rings (SSSR count). The third-order valence-electron chi connectivity index (χ3n) is 13.6. The van der Waals surface area contributed by atoms with E-state index in [9.17, 15) is 0 Å². The Morgan fingerprint density at radius 2 is 1.00 bits per heavy atom. The number of hydrogen-bond donors (Lipinski definition) is 0. The lowest BCUT2D eigenvalue weighted by Crippen LogP contribution is -2.26. The van der Waals surface area contributed by atoms with Crippen molar-refractivity contribution < 1.29 is 4.42 Å². The molecule has 3 aliphatic carbocycles. The van der Waals surface area contributed by atoms with E-state index in [1.165, 1.54) is 72.1 Å². The van der Waals surface area contributed by atoms with Gasteiger partial charge in [0.2, 0.25) is 0 Å². The monoisotopic (exact) mass is 777 g/mol.